The molecule has 0 spiro atoms. The van der Waals surface area contributed by atoms with Crippen molar-refractivity contribution in [1.82, 2.24) is 0 Å². The fourth-order valence-corrected chi connectivity index (χ4v) is 1.94. The number of aliphatic hydroxyl groups is 1. The van der Waals surface area contributed by atoms with Gasteiger partial charge in [0, 0.05) is 0 Å². The number of phosphoric ester groups is 1. The molecule has 0 radical (unpaired) electrons. The van der Waals surface area contributed by atoms with Gasteiger partial charge in [-0.25, -0.2) is 4.57 Å². The Balaban J connectivity index is 0.00000361. The third-order valence-corrected chi connectivity index (χ3v) is 3.00. The smallest absolute Gasteiger partial charge is 0.404 e. The summed E-state index contributed by atoms with van der Waals surface area (Å²) in [5.41, 5.74) is 0.132. The molecule has 0 aromatic heterocycles. The topological polar surface area (TPSA) is 93.1 Å². The lowest BCUT2D eigenvalue weighted by Gasteiger charge is -2.15. The number of Topliss-reactive ketones (excluding diaryl/α,β-unsaturated/α-hetero) is 1. The van der Waals surface area contributed by atoms with Crippen LogP contribution in [0.1, 0.15) is 8.35 Å². The van der Waals surface area contributed by atoms with Crippen molar-refractivity contribution < 1.29 is 29.8 Å². The third-order valence-electron chi connectivity index (χ3n) is 2.08. The number of ketones is 1. The highest BCUT2D eigenvalue weighted by Gasteiger charge is 2.26. The Morgan fingerprint density at radius 2 is 2.05 bits per heavy atom. The number of aliphatic hydroxyl groups excluding tert-OH is 1. The number of carbonyl (C=O) groups is 1. The summed E-state index contributed by atoms with van der Waals surface area (Å²) in [6.45, 7) is 4.14. The summed E-state index contributed by atoms with van der Waals surface area (Å²) in [5.74, 6) is -0.506. The van der Waals surface area contributed by atoms with E-state index in [4.69, 9.17) is 4.52 Å². The second kappa shape index (κ2) is 6.63. The molecule has 0 aliphatic heterocycles. The lowest BCUT2D eigenvalue weighted by Crippen LogP contribution is -2.26. The molecular weight excluding hydrogens is 271 g/mol. The third kappa shape index (κ3) is 5.36. The highest BCUT2D eigenvalue weighted by molar-refractivity contribution is 7.47. The number of phosphoric acid groups is 1. The first-order valence-corrected chi connectivity index (χ1v) is 6.91. The zero-order chi connectivity index (χ0) is 14.5. The molecule has 0 amide bonds. The van der Waals surface area contributed by atoms with Crippen LogP contribution in [0.25, 0.3) is 0 Å². The van der Waals surface area contributed by atoms with E-state index in [2.05, 4.69) is 11.1 Å². The molecule has 0 aliphatic rings. The quantitative estimate of drug-likeness (QED) is 0.586. The van der Waals surface area contributed by atoms with Crippen molar-refractivity contribution in [1.29, 1.82) is 0 Å². The van der Waals surface area contributed by atoms with Gasteiger partial charge in [0.25, 0.3) is 0 Å². The monoisotopic (exact) mass is 287 g/mol. The van der Waals surface area contributed by atoms with Gasteiger partial charge >= 0.3 is 9.25 Å². The fourth-order valence-electron chi connectivity index (χ4n) is 1.17. The molecule has 0 fully saturated rings. The van der Waals surface area contributed by atoms with Crippen LogP contribution >= 0.6 is 7.82 Å². The second-order valence-electron chi connectivity index (χ2n) is 3.83. The molecule has 0 saturated heterocycles. The van der Waals surface area contributed by atoms with Crippen molar-refractivity contribution in [2.45, 2.75) is 13.0 Å². The summed E-state index contributed by atoms with van der Waals surface area (Å²) in [6.07, 6.45) is -1.54. The zero-order valence-electron chi connectivity index (χ0n) is 11.4. The maximum atomic E-state index is 11.5. The van der Waals surface area contributed by atoms with Crippen LogP contribution in [0.3, 0.4) is 0 Å². The van der Waals surface area contributed by atoms with Gasteiger partial charge in [0.05, 0.1) is 6.61 Å². The number of para-hydroxylation sites is 1. The number of hydrogen-bond donors (Lipinski definition) is 2. The minimum Gasteiger partial charge on any atom is -0.404 e. The number of benzene rings is 1. The van der Waals surface area contributed by atoms with E-state index in [0.29, 0.717) is 0 Å². The van der Waals surface area contributed by atoms with Crippen LogP contribution < -0.4 is 4.52 Å². The van der Waals surface area contributed by atoms with Crippen molar-refractivity contribution in [3.05, 3.63) is 42.5 Å². The van der Waals surface area contributed by atoms with Crippen LogP contribution in [0.5, 0.6) is 5.75 Å². The molecule has 0 saturated carbocycles. The minimum absolute atomic E-state index is 0. The highest BCUT2D eigenvalue weighted by atomic mass is 31.2. The van der Waals surface area contributed by atoms with Gasteiger partial charge in [-0.05, 0) is 24.6 Å². The van der Waals surface area contributed by atoms with Crippen LogP contribution in [-0.4, -0.2) is 28.5 Å². The normalized spacial score (nSPS) is 15.3. The Labute approximate surface area is 112 Å². The summed E-state index contributed by atoms with van der Waals surface area (Å²) in [7, 11) is -4.38. The van der Waals surface area contributed by atoms with Gasteiger partial charge in [-0.1, -0.05) is 24.8 Å². The molecule has 0 bridgehead atoms. The number of carbonyl (C=O) groups excluding carboxylic acids is 1. The molecule has 1 aromatic rings. The first-order chi connectivity index (χ1) is 8.82. The predicted octanol–water partition coefficient (Wildman–Crippen LogP) is 1.80. The largest absolute Gasteiger partial charge is 1.00 e. The molecule has 1 rings (SSSR count). The molecule has 104 valence electrons. The lowest BCUT2D eigenvalue weighted by molar-refractivity contribution is -0.124. The first-order valence-electron chi connectivity index (χ1n) is 5.41. The molecule has 2 unspecified atom stereocenters. The number of hydrogen-bond acceptors (Lipinski definition) is 5. The van der Waals surface area contributed by atoms with E-state index in [1.165, 1.54) is 19.1 Å². The Bertz CT molecular complexity index is 504. The zero-order valence-corrected chi connectivity index (χ0v) is 11.2. The molecule has 6 nitrogen and oxygen atoms in total. The van der Waals surface area contributed by atoms with Crippen molar-refractivity contribution >= 4 is 13.6 Å². The second-order valence-corrected chi connectivity index (χ2v) is 5.21. The predicted molar refractivity (Wildman–Crippen MR) is 69.8 cm³/mol. The van der Waals surface area contributed by atoms with E-state index < -0.39 is 26.3 Å². The van der Waals surface area contributed by atoms with Crippen molar-refractivity contribution in [2.75, 3.05) is 6.61 Å². The van der Waals surface area contributed by atoms with Gasteiger partial charge in [-0.2, -0.15) is 0 Å². The average molecular weight is 287 g/mol. The molecule has 19 heavy (non-hydrogen) atoms. The van der Waals surface area contributed by atoms with E-state index in [-0.39, 0.29) is 12.7 Å². The molecule has 0 heterocycles. The Hall–Kier alpha value is -1.46. The van der Waals surface area contributed by atoms with Gasteiger partial charge in [0.2, 0.25) is 0 Å². The summed E-state index contributed by atoms with van der Waals surface area (Å²) < 4.78 is 20.8. The minimum atomic E-state index is -4.38. The van der Waals surface area contributed by atoms with E-state index in [0.717, 1.165) is 0 Å². The van der Waals surface area contributed by atoms with Crippen molar-refractivity contribution in [2.24, 2.45) is 0 Å². The molecular formula is C12H16O6P+. The van der Waals surface area contributed by atoms with E-state index in [1.807, 2.05) is 0 Å². The maximum absolute atomic E-state index is 11.5. The van der Waals surface area contributed by atoms with Gasteiger partial charge in [0.15, 0.2) is 5.78 Å². The van der Waals surface area contributed by atoms with Crippen LogP contribution in [-0.2, 0) is 13.9 Å². The lowest BCUT2D eigenvalue weighted by atomic mass is 10.1. The Morgan fingerprint density at radius 3 is 2.58 bits per heavy atom. The van der Waals surface area contributed by atoms with Crippen molar-refractivity contribution in [3.8, 4) is 5.75 Å². The first kappa shape index (κ1) is 15.6. The summed E-state index contributed by atoms with van der Waals surface area (Å²) in [6, 6.07) is 7.90. The molecule has 2 atom stereocenters. The van der Waals surface area contributed by atoms with E-state index in [9.17, 15) is 19.4 Å². The van der Waals surface area contributed by atoms with Crippen LogP contribution in [0, 0.1) is 0 Å². The van der Waals surface area contributed by atoms with E-state index in [1.54, 1.807) is 18.2 Å². The van der Waals surface area contributed by atoms with Crippen LogP contribution in [0.2, 0.25) is 0 Å². The van der Waals surface area contributed by atoms with Gasteiger partial charge in [0.1, 0.15) is 11.9 Å². The summed E-state index contributed by atoms with van der Waals surface area (Å²) in [4.78, 5) is 20.7. The maximum Gasteiger partial charge on any atom is 1.00 e. The van der Waals surface area contributed by atoms with Gasteiger partial charge in [-0.3, -0.25) is 14.2 Å². The van der Waals surface area contributed by atoms with Gasteiger partial charge < -0.3 is 9.63 Å². The summed E-state index contributed by atoms with van der Waals surface area (Å²) in [5, 5.41) is 9.39. The standard InChI is InChI=1S/C12H15O6P/c1-9(2)12(14)11(13)8-17-19(15,16)18-10-6-4-3-5-7-10/h3-7,11,13H,1,8H2,2H3,(H,15,16)/p+1. The fraction of sp³-hybridized carbons (Fsp3) is 0.250. The van der Waals surface area contributed by atoms with Crippen LogP contribution in [0.15, 0.2) is 42.5 Å². The molecule has 7 heteroatoms. The van der Waals surface area contributed by atoms with E-state index >= 15 is 0 Å². The molecule has 2 N–H and O–H groups in total. The summed E-state index contributed by atoms with van der Waals surface area (Å²) >= 11 is 0. The highest BCUT2D eigenvalue weighted by Crippen LogP contribution is 2.43. The molecule has 1 aromatic carbocycles. The van der Waals surface area contributed by atoms with Crippen LogP contribution in [0.4, 0.5) is 0 Å². The van der Waals surface area contributed by atoms with Gasteiger partial charge in [-0.15, -0.1) is 0 Å². The Morgan fingerprint density at radius 1 is 1.47 bits per heavy atom. The van der Waals surface area contributed by atoms with Crippen molar-refractivity contribution in [3.63, 3.8) is 0 Å². The Kier molecular flexibility index (Phi) is 5.44. The molecule has 0 aliphatic carbocycles. The SMILES string of the molecule is C=C(C)C(=O)C(O)COP(=O)(O)Oc1ccccc1.[H+]. The average Bonchev–Trinajstić information content (AvgIpc) is 2.35. The number of rotatable bonds is 7.